The van der Waals surface area contributed by atoms with Gasteiger partial charge in [0.1, 0.15) is 6.54 Å². The van der Waals surface area contributed by atoms with Crippen LogP contribution in [0.15, 0.2) is 47.1 Å². The van der Waals surface area contributed by atoms with Crippen molar-refractivity contribution in [2.75, 3.05) is 20.6 Å². The number of amides is 2. The topological polar surface area (TPSA) is 75.8 Å². The quantitative estimate of drug-likeness (QED) is 0.671. The molecule has 2 aromatic rings. The first-order valence-corrected chi connectivity index (χ1v) is 7.50. The van der Waals surface area contributed by atoms with Crippen molar-refractivity contribution in [1.29, 1.82) is 0 Å². The minimum atomic E-state index is -0.402. The largest absolute Gasteiger partial charge is 0.459 e. The number of carbonyl (C=O) groups is 2. The Morgan fingerprint density at radius 3 is 2.35 bits per heavy atom. The van der Waals surface area contributed by atoms with Gasteiger partial charge < -0.3 is 20.0 Å². The predicted molar refractivity (Wildman–Crippen MR) is 85.8 cm³/mol. The fourth-order valence-corrected chi connectivity index (χ4v) is 2.10. The van der Waals surface area contributed by atoms with Gasteiger partial charge in [-0.15, -0.1) is 0 Å². The summed E-state index contributed by atoms with van der Waals surface area (Å²) in [5, 5.41) is 5.27. The van der Waals surface area contributed by atoms with Crippen molar-refractivity contribution < 1.29 is 18.9 Å². The predicted octanol–water partition coefficient (Wildman–Crippen LogP) is -0.0297. The Morgan fingerprint density at radius 2 is 1.74 bits per heavy atom. The van der Waals surface area contributed by atoms with Gasteiger partial charge in [-0.25, -0.2) is 0 Å². The average molecular weight is 316 g/mol. The van der Waals surface area contributed by atoms with Crippen molar-refractivity contribution in [3.05, 3.63) is 59.5 Å². The van der Waals surface area contributed by atoms with Crippen LogP contribution in [0.4, 0.5) is 0 Å². The van der Waals surface area contributed by atoms with E-state index in [-0.39, 0.29) is 18.2 Å². The molecule has 3 N–H and O–H groups in total. The van der Waals surface area contributed by atoms with Crippen molar-refractivity contribution in [2.24, 2.45) is 0 Å². The molecule has 1 heterocycles. The number of quaternary nitrogens is 1. The molecule has 0 fully saturated rings. The summed E-state index contributed by atoms with van der Waals surface area (Å²) in [6, 6.07) is 11.3. The summed E-state index contributed by atoms with van der Waals surface area (Å²) in [7, 11) is 4.20. The summed E-state index contributed by atoms with van der Waals surface area (Å²) in [5.41, 5.74) is 2.28. The summed E-state index contributed by atoms with van der Waals surface area (Å²) < 4.78 is 4.95. The second kappa shape index (κ2) is 8.14. The minimum Gasteiger partial charge on any atom is -0.459 e. The molecule has 2 rings (SSSR count). The van der Waals surface area contributed by atoms with Crippen LogP contribution in [-0.2, 0) is 17.9 Å². The van der Waals surface area contributed by atoms with Crippen LogP contribution in [0.1, 0.15) is 21.7 Å². The van der Waals surface area contributed by atoms with E-state index in [0.29, 0.717) is 6.54 Å². The van der Waals surface area contributed by atoms with E-state index >= 15 is 0 Å². The molecule has 0 bridgehead atoms. The standard InChI is InChI=1S/C17H21N3O3/c1-20(2)12-14-7-5-13(6-8-14)10-18-16(21)11-19-17(22)15-4-3-9-23-15/h3-9H,10-12H2,1-2H3,(H,18,21)(H,19,22)/p+1. The maximum atomic E-state index is 11.7. The normalized spacial score (nSPS) is 10.6. The number of hydrogen-bond acceptors (Lipinski definition) is 3. The summed E-state index contributed by atoms with van der Waals surface area (Å²) in [6.07, 6.45) is 1.41. The highest BCUT2D eigenvalue weighted by Crippen LogP contribution is 2.03. The summed E-state index contributed by atoms with van der Waals surface area (Å²) in [5.74, 6) is -0.455. The molecule has 0 atom stereocenters. The van der Waals surface area contributed by atoms with Gasteiger partial charge in [0.05, 0.1) is 26.9 Å². The van der Waals surface area contributed by atoms with Gasteiger partial charge in [-0.1, -0.05) is 24.3 Å². The lowest BCUT2D eigenvalue weighted by molar-refractivity contribution is -0.872. The van der Waals surface area contributed by atoms with Crippen molar-refractivity contribution in [3.63, 3.8) is 0 Å². The smallest absolute Gasteiger partial charge is 0.287 e. The van der Waals surface area contributed by atoms with Crippen LogP contribution in [0.2, 0.25) is 0 Å². The Bertz CT molecular complexity index is 634. The van der Waals surface area contributed by atoms with E-state index in [1.165, 1.54) is 16.7 Å². The number of rotatable bonds is 7. The lowest BCUT2D eigenvalue weighted by atomic mass is 10.1. The molecule has 0 unspecified atom stereocenters. The van der Waals surface area contributed by atoms with Crippen molar-refractivity contribution in [3.8, 4) is 0 Å². The fourth-order valence-electron chi connectivity index (χ4n) is 2.10. The number of nitrogens with one attached hydrogen (secondary N) is 3. The van der Waals surface area contributed by atoms with Gasteiger partial charge in [-0.05, 0) is 17.7 Å². The number of hydrogen-bond donors (Lipinski definition) is 3. The molecule has 122 valence electrons. The zero-order valence-electron chi connectivity index (χ0n) is 13.4. The van der Waals surface area contributed by atoms with Gasteiger partial charge in [0, 0.05) is 12.1 Å². The molecule has 23 heavy (non-hydrogen) atoms. The van der Waals surface area contributed by atoms with Crippen LogP contribution < -0.4 is 15.5 Å². The fraction of sp³-hybridized carbons (Fsp3) is 0.294. The second-order valence-corrected chi connectivity index (χ2v) is 5.64. The van der Waals surface area contributed by atoms with Crippen molar-refractivity contribution in [2.45, 2.75) is 13.1 Å². The number of furan rings is 1. The molecule has 0 spiro atoms. The number of benzene rings is 1. The van der Waals surface area contributed by atoms with E-state index in [1.807, 2.05) is 12.1 Å². The first-order chi connectivity index (χ1) is 11.0. The Morgan fingerprint density at radius 1 is 1.04 bits per heavy atom. The van der Waals surface area contributed by atoms with Gasteiger partial charge in [-0.3, -0.25) is 9.59 Å². The lowest BCUT2D eigenvalue weighted by Gasteiger charge is -2.09. The molecule has 0 aliphatic heterocycles. The van der Waals surface area contributed by atoms with Gasteiger partial charge >= 0.3 is 0 Å². The third-order valence-corrected chi connectivity index (χ3v) is 3.22. The van der Waals surface area contributed by atoms with Crippen molar-refractivity contribution >= 4 is 11.8 Å². The first kappa shape index (κ1) is 16.8. The van der Waals surface area contributed by atoms with E-state index in [9.17, 15) is 9.59 Å². The Labute approximate surface area is 135 Å². The van der Waals surface area contributed by atoms with Gasteiger partial charge in [0.25, 0.3) is 5.91 Å². The van der Waals surface area contributed by atoms with Crippen LogP contribution in [0.5, 0.6) is 0 Å². The Kier molecular flexibility index (Phi) is 5.94. The third kappa shape index (κ3) is 5.60. The summed E-state index contributed by atoms with van der Waals surface area (Å²) in [4.78, 5) is 24.7. The van der Waals surface area contributed by atoms with E-state index in [2.05, 4.69) is 36.9 Å². The van der Waals surface area contributed by atoms with Crippen LogP contribution in [0, 0.1) is 0 Å². The Balaban J connectivity index is 1.72. The minimum absolute atomic E-state index is 0.0817. The highest BCUT2D eigenvalue weighted by atomic mass is 16.3. The molecule has 1 aromatic heterocycles. The van der Waals surface area contributed by atoms with Gasteiger partial charge in [0.15, 0.2) is 5.76 Å². The first-order valence-electron chi connectivity index (χ1n) is 7.50. The highest BCUT2D eigenvalue weighted by molar-refractivity contribution is 5.94. The Hall–Kier alpha value is -2.60. The van der Waals surface area contributed by atoms with Gasteiger partial charge in [-0.2, -0.15) is 0 Å². The molecule has 0 saturated carbocycles. The van der Waals surface area contributed by atoms with E-state index in [0.717, 1.165) is 12.1 Å². The van der Waals surface area contributed by atoms with Crippen LogP contribution in [-0.4, -0.2) is 32.5 Å². The molecule has 0 saturated heterocycles. The second-order valence-electron chi connectivity index (χ2n) is 5.64. The van der Waals surface area contributed by atoms with E-state index in [4.69, 9.17) is 4.42 Å². The third-order valence-electron chi connectivity index (χ3n) is 3.22. The van der Waals surface area contributed by atoms with E-state index in [1.54, 1.807) is 12.1 Å². The molecule has 6 nitrogen and oxygen atoms in total. The maximum Gasteiger partial charge on any atom is 0.287 e. The molecule has 0 aliphatic rings. The highest BCUT2D eigenvalue weighted by Gasteiger charge is 2.09. The summed E-state index contributed by atoms with van der Waals surface area (Å²) in [6.45, 7) is 1.32. The molecule has 1 aromatic carbocycles. The zero-order valence-corrected chi connectivity index (χ0v) is 13.4. The van der Waals surface area contributed by atoms with Crippen LogP contribution >= 0.6 is 0 Å². The summed E-state index contributed by atoms with van der Waals surface area (Å²) >= 11 is 0. The van der Waals surface area contributed by atoms with Crippen LogP contribution in [0.25, 0.3) is 0 Å². The van der Waals surface area contributed by atoms with Crippen LogP contribution in [0.3, 0.4) is 0 Å². The average Bonchev–Trinajstić information content (AvgIpc) is 3.06. The zero-order chi connectivity index (χ0) is 16.7. The van der Waals surface area contributed by atoms with Gasteiger partial charge in [0.2, 0.25) is 5.91 Å². The molecular weight excluding hydrogens is 294 g/mol. The SMILES string of the molecule is C[NH+](C)Cc1ccc(CNC(=O)CNC(=O)c2ccco2)cc1. The molecule has 0 aliphatic carbocycles. The van der Waals surface area contributed by atoms with E-state index < -0.39 is 5.91 Å². The lowest BCUT2D eigenvalue weighted by Crippen LogP contribution is -3.04. The molecular formula is C17H22N3O3+. The molecule has 2 amide bonds. The van der Waals surface area contributed by atoms with Crippen molar-refractivity contribution in [1.82, 2.24) is 10.6 Å². The molecule has 6 heteroatoms. The maximum absolute atomic E-state index is 11.7. The monoisotopic (exact) mass is 316 g/mol. The number of carbonyl (C=O) groups excluding carboxylic acids is 2. The molecule has 0 radical (unpaired) electrons.